The Labute approximate surface area is 106 Å². The molecule has 0 amide bonds. The number of benzene rings is 1. The van der Waals surface area contributed by atoms with Crippen LogP contribution in [-0.2, 0) is 7.05 Å². The Balaban J connectivity index is 2.61. The molecule has 0 unspecified atom stereocenters. The molecule has 0 aliphatic heterocycles. The number of nitrogens with zero attached hydrogens (tertiary/aromatic N) is 2. The molecule has 2 aromatic rings. The summed E-state index contributed by atoms with van der Waals surface area (Å²) in [4.78, 5) is 4.10. The third kappa shape index (κ3) is 1.88. The van der Waals surface area contributed by atoms with E-state index < -0.39 is 0 Å². The SMILES string of the molecule is COc1cc(C)c(-c2cnc(N)n2C)cc1OC. The maximum Gasteiger partial charge on any atom is 0.200 e. The molecule has 96 valence electrons. The van der Waals surface area contributed by atoms with Crippen molar-refractivity contribution in [3.63, 3.8) is 0 Å². The third-order valence-electron chi connectivity index (χ3n) is 3.03. The Morgan fingerprint density at radius 3 is 2.28 bits per heavy atom. The van der Waals surface area contributed by atoms with Gasteiger partial charge in [0.15, 0.2) is 17.4 Å². The van der Waals surface area contributed by atoms with Crippen molar-refractivity contribution in [1.82, 2.24) is 9.55 Å². The van der Waals surface area contributed by atoms with Crippen LogP contribution in [0.15, 0.2) is 18.3 Å². The highest BCUT2D eigenvalue weighted by molar-refractivity contribution is 5.69. The number of aromatic nitrogens is 2. The van der Waals surface area contributed by atoms with Crippen LogP contribution in [-0.4, -0.2) is 23.8 Å². The number of hydrogen-bond acceptors (Lipinski definition) is 4. The van der Waals surface area contributed by atoms with Gasteiger partial charge in [-0.25, -0.2) is 4.98 Å². The molecular weight excluding hydrogens is 230 g/mol. The van der Waals surface area contributed by atoms with Gasteiger partial charge >= 0.3 is 0 Å². The summed E-state index contributed by atoms with van der Waals surface area (Å²) >= 11 is 0. The van der Waals surface area contributed by atoms with E-state index in [4.69, 9.17) is 15.2 Å². The molecule has 0 spiro atoms. The molecule has 18 heavy (non-hydrogen) atoms. The minimum atomic E-state index is 0.485. The van der Waals surface area contributed by atoms with Crippen LogP contribution >= 0.6 is 0 Å². The highest BCUT2D eigenvalue weighted by Gasteiger charge is 2.13. The van der Waals surface area contributed by atoms with Crippen LogP contribution in [0.4, 0.5) is 5.95 Å². The zero-order chi connectivity index (χ0) is 13.3. The van der Waals surface area contributed by atoms with Gasteiger partial charge < -0.3 is 19.8 Å². The van der Waals surface area contributed by atoms with Crippen molar-refractivity contribution in [1.29, 1.82) is 0 Å². The summed E-state index contributed by atoms with van der Waals surface area (Å²) in [6, 6.07) is 3.88. The summed E-state index contributed by atoms with van der Waals surface area (Å²) < 4.78 is 12.4. The monoisotopic (exact) mass is 247 g/mol. The lowest BCUT2D eigenvalue weighted by molar-refractivity contribution is 0.355. The summed E-state index contributed by atoms with van der Waals surface area (Å²) in [6.07, 6.45) is 1.75. The molecule has 1 heterocycles. The van der Waals surface area contributed by atoms with Crippen LogP contribution in [0.5, 0.6) is 11.5 Å². The first-order valence-electron chi connectivity index (χ1n) is 5.58. The maximum absolute atomic E-state index is 5.75. The van der Waals surface area contributed by atoms with Gasteiger partial charge in [0, 0.05) is 12.6 Å². The van der Waals surface area contributed by atoms with E-state index in [1.54, 1.807) is 20.4 Å². The molecule has 1 aromatic carbocycles. The number of rotatable bonds is 3. The minimum absolute atomic E-state index is 0.485. The summed E-state index contributed by atoms with van der Waals surface area (Å²) in [7, 11) is 5.13. The van der Waals surface area contributed by atoms with Gasteiger partial charge in [0.1, 0.15) is 0 Å². The van der Waals surface area contributed by atoms with Crippen molar-refractivity contribution in [2.75, 3.05) is 20.0 Å². The Morgan fingerprint density at radius 2 is 1.78 bits per heavy atom. The number of nitrogen functional groups attached to an aromatic ring is 1. The largest absolute Gasteiger partial charge is 0.493 e. The average Bonchev–Trinajstić information content (AvgIpc) is 2.70. The minimum Gasteiger partial charge on any atom is -0.493 e. The summed E-state index contributed by atoms with van der Waals surface area (Å²) in [6.45, 7) is 2.01. The van der Waals surface area contributed by atoms with Crippen LogP contribution in [0.1, 0.15) is 5.56 Å². The molecule has 0 aliphatic carbocycles. The van der Waals surface area contributed by atoms with E-state index in [-0.39, 0.29) is 0 Å². The summed E-state index contributed by atoms with van der Waals surface area (Å²) in [5.41, 5.74) is 8.81. The fraction of sp³-hybridized carbons (Fsp3) is 0.308. The van der Waals surface area contributed by atoms with E-state index in [0.29, 0.717) is 17.4 Å². The molecule has 2 rings (SSSR count). The van der Waals surface area contributed by atoms with Crippen molar-refractivity contribution in [3.05, 3.63) is 23.9 Å². The lowest BCUT2D eigenvalue weighted by atomic mass is 10.0. The van der Waals surface area contributed by atoms with Gasteiger partial charge in [-0.1, -0.05) is 0 Å². The number of nitrogens with two attached hydrogens (primary N) is 1. The lowest BCUT2D eigenvalue weighted by Crippen LogP contribution is -2.00. The van der Waals surface area contributed by atoms with Crippen molar-refractivity contribution in [3.8, 4) is 22.8 Å². The van der Waals surface area contributed by atoms with Gasteiger partial charge in [-0.3, -0.25) is 0 Å². The lowest BCUT2D eigenvalue weighted by Gasteiger charge is -2.13. The molecule has 2 N–H and O–H groups in total. The number of hydrogen-bond donors (Lipinski definition) is 1. The molecule has 5 nitrogen and oxygen atoms in total. The predicted octanol–water partition coefficient (Wildman–Crippen LogP) is 1.99. The molecule has 0 saturated heterocycles. The Morgan fingerprint density at radius 1 is 1.17 bits per heavy atom. The van der Waals surface area contributed by atoms with E-state index in [0.717, 1.165) is 16.8 Å². The molecule has 5 heteroatoms. The zero-order valence-electron chi connectivity index (χ0n) is 11.0. The van der Waals surface area contributed by atoms with E-state index in [9.17, 15) is 0 Å². The highest BCUT2D eigenvalue weighted by atomic mass is 16.5. The molecule has 0 saturated carbocycles. The van der Waals surface area contributed by atoms with E-state index >= 15 is 0 Å². The topological polar surface area (TPSA) is 62.3 Å². The van der Waals surface area contributed by atoms with Gasteiger partial charge in [0.25, 0.3) is 0 Å². The van der Waals surface area contributed by atoms with Crippen molar-refractivity contribution in [2.45, 2.75) is 6.92 Å². The van der Waals surface area contributed by atoms with Crippen molar-refractivity contribution >= 4 is 5.95 Å². The number of ether oxygens (including phenoxy) is 2. The smallest absolute Gasteiger partial charge is 0.200 e. The number of methoxy groups -OCH3 is 2. The van der Waals surface area contributed by atoms with Crippen LogP contribution in [0.3, 0.4) is 0 Å². The van der Waals surface area contributed by atoms with Crippen LogP contribution < -0.4 is 15.2 Å². The van der Waals surface area contributed by atoms with Gasteiger partial charge in [-0.2, -0.15) is 0 Å². The first-order chi connectivity index (χ1) is 8.58. The Bertz CT molecular complexity index is 576. The van der Waals surface area contributed by atoms with Crippen LogP contribution in [0.2, 0.25) is 0 Å². The van der Waals surface area contributed by atoms with Crippen LogP contribution in [0.25, 0.3) is 11.3 Å². The van der Waals surface area contributed by atoms with Gasteiger partial charge in [-0.15, -0.1) is 0 Å². The van der Waals surface area contributed by atoms with E-state index in [2.05, 4.69) is 4.98 Å². The fourth-order valence-electron chi connectivity index (χ4n) is 1.93. The molecule has 1 aromatic heterocycles. The second-order valence-corrected chi connectivity index (χ2v) is 4.08. The van der Waals surface area contributed by atoms with Gasteiger partial charge in [-0.05, 0) is 24.6 Å². The second kappa shape index (κ2) is 4.60. The molecule has 0 bridgehead atoms. The van der Waals surface area contributed by atoms with E-state index in [1.165, 1.54) is 0 Å². The van der Waals surface area contributed by atoms with Gasteiger partial charge in [0.2, 0.25) is 0 Å². The summed E-state index contributed by atoms with van der Waals surface area (Å²) in [5.74, 6) is 1.89. The molecule has 0 fully saturated rings. The highest BCUT2D eigenvalue weighted by Crippen LogP contribution is 2.35. The number of aryl methyl sites for hydroxylation is 1. The number of anilines is 1. The van der Waals surface area contributed by atoms with Crippen molar-refractivity contribution in [2.24, 2.45) is 7.05 Å². The second-order valence-electron chi connectivity index (χ2n) is 4.08. The standard InChI is InChI=1S/C13H17N3O2/c1-8-5-11(17-3)12(18-4)6-9(8)10-7-15-13(14)16(10)2/h5-7H,1-4H3,(H2,14,15). The zero-order valence-corrected chi connectivity index (χ0v) is 11.0. The Kier molecular flexibility index (Phi) is 3.14. The van der Waals surface area contributed by atoms with Crippen LogP contribution in [0, 0.1) is 6.92 Å². The molecule has 0 atom stereocenters. The van der Waals surface area contributed by atoms with E-state index in [1.807, 2.05) is 30.7 Å². The molecule has 0 aliphatic rings. The third-order valence-corrected chi connectivity index (χ3v) is 3.03. The number of imidazole rings is 1. The summed E-state index contributed by atoms with van der Waals surface area (Å²) in [5, 5.41) is 0. The maximum atomic E-state index is 5.75. The average molecular weight is 247 g/mol. The molecular formula is C13H17N3O2. The predicted molar refractivity (Wildman–Crippen MR) is 70.9 cm³/mol. The first-order valence-corrected chi connectivity index (χ1v) is 5.58. The van der Waals surface area contributed by atoms with Gasteiger partial charge in [0.05, 0.1) is 26.1 Å². The quantitative estimate of drug-likeness (QED) is 0.901. The normalized spacial score (nSPS) is 10.4. The van der Waals surface area contributed by atoms with Crippen molar-refractivity contribution < 1.29 is 9.47 Å². The first kappa shape index (κ1) is 12.3. The molecule has 0 radical (unpaired) electrons. The Hall–Kier alpha value is -2.17. The fourth-order valence-corrected chi connectivity index (χ4v) is 1.93.